The van der Waals surface area contributed by atoms with Crippen LogP contribution in [0.4, 0.5) is 0 Å². The molecule has 2 rings (SSSR count). The van der Waals surface area contributed by atoms with Gasteiger partial charge >= 0.3 is 5.97 Å². The molecule has 21 heavy (non-hydrogen) atoms. The predicted octanol–water partition coefficient (Wildman–Crippen LogP) is 1.25. The number of aromatic nitrogens is 3. The van der Waals surface area contributed by atoms with Crippen molar-refractivity contribution in [1.29, 1.82) is 0 Å². The van der Waals surface area contributed by atoms with E-state index in [1.54, 1.807) is 48.3 Å². The molecule has 0 bridgehead atoms. The number of carboxylic acids is 1. The van der Waals surface area contributed by atoms with Gasteiger partial charge in [-0.1, -0.05) is 5.21 Å². The van der Waals surface area contributed by atoms with E-state index in [-0.39, 0.29) is 18.4 Å². The molecule has 1 amide bonds. The Morgan fingerprint density at radius 1 is 1.33 bits per heavy atom. The lowest BCUT2D eigenvalue weighted by Gasteiger charge is -2.13. The molecule has 0 saturated heterocycles. The van der Waals surface area contributed by atoms with Crippen molar-refractivity contribution in [3.63, 3.8) is 0 Å². The molecule has 0 radical (unpaired) electrons. The lowest BCUT2D eigenvalue weighted by Crippen LogP contribution is -2.32. The van der Waals surface area contributed by atoms with E-state index in [9.17, 15) is 9.59 Å². The summed E-state index contributed by atoms with van der Waals surface area (Å²) in [5.41, 5.74) is 1.32. The molecule has 110 valence electrons. The van der Waals surface area contributed by atoms with Crippen LogP contribution in [0.25, 0.3) is 5.69 Å². The number of carboxylic acid groups (broad SMARTS) is 1. The summed E-state index contributed by atoms with van der Waals surface area (Å²) < 4.78 is 1.59. The third-order valence-corrected chi connectivity index (χ3v) is 2.99. The maximum absolute atomic E-state index is 12.0. The molecular formula is C14H16N4O3. The standard InChI is InChI=1S/C14H16N4O3/c1-10(2-7-13(19)20)16-14(21)11-3-5-12(6-4-11)18-9-8-15-17-18/h3-6,8-10H,2,7H2,1H3,(H,16,21)(H,19,20). The van der Waals surface area contributed by atoms with Gasteiger partial charge in [0.15, 0.2) is 0 Å². The van der Waals surface area contributed by atoms with E-state index in [0.29, 0.717) is 12.0 Å². The second-order valence-corrected chi connectivity index (χ2v) is 4.70. The summed E-state index contributed by atoms with van der Waals surface area (Å²) >= 11 is 0. The Kier molecular flexibility index (Phi) is 4.65. The molecule has 1 aromatic carbocycles. The number of nitrogens with one attached hydrogen (secondary N) is 1. The summed E-state index contributed by atoms with van der Waals surface area (Å²) in [5.74, 6) is -1.09. The first-order valence-electron chi connectivity index (χ1n) is 6.55. The number of carbonyl (C=O) groups excluding carboxylic acids is 1. The predicted molar refractivity (Wildman–Crippen MR) is 75.2 cm³/mol. The van der Waals surface area contributed by atoms with Gasteiger partial charge in [0.05, 0.1) is 18.1 Å². The van der Waals surface area contributed by atoms with Crippen molar-refractivity contribution in [3.8, 4) is 5.69 Å². The first-order valence-corrected chi connectivity index (χ1v) is 6.55. The summed E-state index contributed by atoms with van der Waals surface area (Å²) in [6.45, 7) is 1.78. The Balaban J connectivity index is 1.95. The van der Waals surface area contributed by atoms with E-state index in [2.05, 4.69) is 15.6 Å². The van der Waals surface area contributed by atoms with Crippen molar-refractivity contribution >= 4 is 11.9 Å². The van der Waals surface area contributed by atoms with Gasteiger partial charge in [0.25, 0.3) is 5.91 Å². The van der Waals surface area contributed by atoms with Gasteiger partial charge in [0.1, 0.15) is 0 Å². The molecular weight excluding hydrogens is 272 g/mol. The van der Waals surface area contributed by atoms with Gasteiger partial charge in [-0.25, -0.2) is 4.68 Å². The van der Waals surface area contributed by atoms with E-state index >= 15 is 0 Å². The Bertz CT molecular complexity index is 608. The Hall–Kier alpha value is -2.70. The second kappa shape index (κ2) is 6.65. The first kappa shape index (κ1) is 14.7. The van der Waals surface area contributed by atoms with Crippen molar-refractivity contribution in [2.75, 3.05) is 0 Å². The maximum atomic E-state index is 12.0. The average Bonchev–Trinajstić information content (AvgIpc) is 2.99. The zero-order valence-electron chi connectivity index (χ0n) is 11.6. The lowest BCUT2D eigenvalue weighted by atomic mass is 10.1. The van der Waals surface area contributed by atoms with Crippen LogP contribution in [0, 0.1) is 0 Å². The van der Waals surface area contributed by atoms with E-state index in [1.807, 2.05) is 0 Å². The minimum Gasteiger partial charge on any atom is -0.481 e. The monoisotopic (exact) mass is 288 g/mol. The molecule has 0 fully saturated rings. The summed E-state index contributed by atoms with van der Waals surface area (Å²) in [6, 6.07) is 6.73. The Labute approximate surface area is 121 Å². The van der Waals surface area contributed by atoms with Crippen LogP contribution in [0.5, 0.6) is 0 Å². The fourth-order valence-electron chi connectivity index (χ4n) is 1.83. The number of carbonyl (C=O) groups is 2. The van der Waals surface area contributed by atoms with Crippen molar-refractivity contribution in [2.24, 2.45) is 0 Å². The van der Waals surface area contributed by atoms with Crippen molar-refractivity contribution in [3.05, 3.63) is 42.2 Å². The molecule has 1 atom stereocenters. The fourth-order valence-corrected chi connectivity index (χ4v) is 1.83. The van der Waals surface area contributed by atoms with Crippen molar-refractivity contribution in [2.45, 2.75) is 25.8 Å². The smallest absolute Gasteiger partial charge is 0.303 e. The lowest BCUT2D eigenvalue weighted by molar-refractivity contribution is -0.137. The van der Waals surface area contributed by atoms with Gasteiger partial charge < -0.3 is 10.4 Å². The minimum atomic E-state index is -0.867. The van der Waals surface area contributed by atoms with Gasteiger partial charge in [-0.15, -0.1) is 5.10 Å². The van der Waals surface area contributed by atoms with Crippen molar-refractivity contribution < 1.29 is 14.7 Å². The van der Waals surface area contributed by atoms with Crippen LogP contribution in [-0.2, 0) is 4.79 Å². The normalized spacial score (nSPS) is 11.9. The van der Waals surface area contributed by atoms with Gasteiger partial charge in [-0.05, 0) is 37.6 Å². The molecule has 1 aromatic heterocycles. The zero-order valence-corrected chi connectivity index (χ0v) is 11.6. The summed E-state index contributed by atoms with van der Waals surface area (Å²) in [4.78, 5) is 22.5. The van der Waals surface area contributed by atoms with Crippen LogP contribution < -0.4 is 5.32 Å². The molecule has 0 saturated carbocycles. The van der Waals surface area contributed by atoms with Gasteiger partial charge in [-0.2, -0.15) is 0 Å². The van der Waals surface area contributed by atoms with E-state index < -0.39 is 5.97 Å². The molecule has 0 aliphatic carbocycles. The highest BCUT2D eigenvalue weighted by Crippen LogP contribution is 2.08. The van der Waals surface area contributed by atoms with E-state index in [4.69, 9.17) is 5.11 Å². The molecule has 1 unspecified atom stereocenters. The first-order chi connectivity index (χ1) is 10.1. The SMILES string of the molecule is CC(CCC(=O)O)NC(=O)c1ccc(-n2ccnn2)cc1. The molecule has 2 aromatic rings. The van der Waals surface area contributed by atoms with Crippen molar-refractivity contribution in [1.82, 2.24) is 20.3 Å². The van der Waals surface area contributed by atoms with Crippen LogP contribution in [0.1, 0.15) is 30.1 Å². The number of rotatable bonds is 6. The minimum absolute atomic E-state index is 0.0344. The third-order valence-electron chi connectivity index (χ3n) is 2.99. The molecule has 7 nitrogen and oxygen atoms in total. The number of benzene rings is 1. The summed E-state index contributed by atoms with van der Waals surface area (Å²) in [6.07, 6.45) is 3.72. The number of hydrogen-bond acceptors (Lipinski definition) is 4. The van der Waals surface area contributed by atoms with Gasteiger partial charge in [0.2, 0.25) is 0 Å². The molecule has 0 aliphatic rings. The third kappa shape index (κ3) is 4.13. The van der Waals surface area contributed by atoms with Crippen LogP contribution in [0.3, 0.4) is 0 Å². The van der Waals surface area contributed by atoms with Crippen LogP contribution in [0.2, 0.25) is 0 Å². The molecule has 1 heterocycles. The van der Waals surface area contributed by atoms with Gasteiger partial charge in [-0.3, -0.25) is 9.59 Å². The molecule has 0 spiro atoms. The maximum Gasteiger partial charge on any atom is 0.303 e. The Morgan fingerprint density at radius 2 is 2.05 bits per heavy atom. The van der Waals surface area contributed by atoms with Gasteiger partial charge in [0, 0.05) is 18.0 Å². The number of nitrogens with zero attached hydrogens (tertiary/aromatic N) is 3. The summed E-state index contributed by atoms with van der Waals surface area (Å²) in [5, 5.41) is 19.0. The summed E-state index contributed by atoms with van der Waals surface area (Å²) in [7, 11) is 0. The quantitative estimate of drug-likeness (QED) is 0.833. The average molecular weight is 288 g/mol. The number of amides is 1. The van der Waals surface area contributed by atoms with Crippen LogP contribution >= 0.6 is 0 Å². The molecule has 2 N–H and O–H groups in total. The highest BCUT2D eigenvalue weighted by atomic mass is 16.4. The number of hydrogen-bond donors (Lipinski definition) is 2. The molecule has 0 aliphatic heterocycles. The largest absolute Gasteiger partial charge is 0.481 e. The van der Waals surface area contributed by atoms with Crippen LogP contribution in [0.15, 0.2) is 36.7 Å². The fraction of sp³-hybridized carbons (Fsp3) is 0.286. The highest BCUT2D eigenvalue weighted by Gasteiger charge is 2.11. The van der Waals surface area contributed by atoms with E-state index in [0.717, 1.165) is 5.69 Å². The second-order valence-electron chi connectivity index (χ2n) is 4.70. The van der Waals surface area contributed by atoms with E-state index in [1.165, 1.54) is 0 Å². The molecule has 7 heteroatoms. The zero-order chi connectivity index (χ0) is 15.2. The Morgan fingerprint density at radius 3 is 2.62 bits per heavy atom. The highest BCUT2D eigenvalue weighted by molar-refractivity contribution is 5.94. The number of aliphatic carboxylic acids is 1. The topological polar surface area (TPSA) is 97.1 Å². The van der Waals surface area contributed by atoms with Crippen LogP contribution in [-0.4, -0.2) is 38.0 Å².